The molecule has 5 heteroatoms. The van der Waals surface area contributed by atoms with Gasteiger partial charge in [-0.2, -0.15) is 0 Å². The first-order valence-corrected chi connectivity index (χ1v) is 3.16. The van der Waals surface area contributed by atoms with Gasteiger partial charge in [0, 0.05) is 0 Å². The highest BCUT2D eigenvalue weighted by Crippen LogP contribution is 1.82. The molecule has 0 aliphatic rings. The molecule has 0 saturated heterocycles. The summed E-state index contributed by atoms with van der Waals surface area (Å²) in [4.78, 5) is 10.6. The molecule has 0 saturated carbocycles. The van der Waals surface area contributed by atoms with Crippen molar-refractivity contribution in [2.45, 2.75) is 6.54 Å². The van der Waals surface area contributed by atoms with Crippen LogP contribution in [-0.4, -0.2) is 15.7 Å². The lowest BCUT2D eigenvalue weighted by Gasteiger charge is -1.92. The minimum atomic E-state index is -0.429. The average molecular weight is 156 g/mol. The number of hydrogen-bond donors (Lipinski definition) is 2. The van der Waals surface area contributed by atoms with Gasteiger partial charge < -0.3 is 0 Å². The predicted molar refractivity (Wildman–Crippen MR) is 35.5 cm³/mol. The first-order chi connectivity index (χ1) is 5.22. The number of rotatable bonds is 2. The quantitative estimate of drug-likeness (QED) is 0.321. The summed E-state index contributed by atoms with van der Waals surface area (Å²) in [5.74, 6) is -0.429. The number of imidazole rings is 1. The SMILES string of the molecule is C[n+]1ccn(CC(=O)NO)c1. The van der Waals surface area contributed by atoms with Crippen LogP contribution in [0, 0.1) is 0 Å². The Morgan fingerprint density at radius 2 is 2.55 bits per heavy atom. The van der Waals surface area contributed by atoms with Crippen molar-refractivity contribution < 1.29 is 14.6 Å². The maximum absolute atomic E-state index is 10.6. The molecule has 0 unspecified atom stereocenters. The number of nitrogens with zero attached hydrogens (tertiary/aromatic N) is 2. The molecule has 5 nitrogen and oxygen atoms in total. The monoisotopic (exact) mass is 156 g/mol. The Morgan fingerprint density at radius 3 is 3.00 bits per heavy atom. The maximum Gasteiger partial charge on any atom is 0.285 e. The lowest BCUT2D eigenvalue weighted by Crippen LogP contribution is -2.27. The fourth-order valence-corrected chi connectivity index (χ4v) is 0.796. The molecule has 0 fully saturated rings. The van der Waals surface area contributed by atoms with Gasteiger partial charge in [0.25, 0.3) is 5.91 Å². The minimum Gasteiger partial charge on any atom is -0.289 e. The van der Waals surface area contributed by atoms with Crippen LogP contribution in [0.15, 0.2) is 18.7 Å². The van der Waals surface area contributed by atoms with Gasteiger partial charge in [-0.1, -0.05) is 0 Å². The highest BCUT2D eigenvalue weighted by molar-refractivity contribution is 5.74. The van der Waals surface area contributed by atoms with Crippen LogP contribution in [0.2, 0.25) is 0 Å². The molecule has 1 heterocycles. The molecule has 0 aromatic carbocycles. The van der Waals surface area contributed by atoms with E-state index in [-0.39, 0.29) is 6.54 Å². The van der Waals surface area contributed by atoms with Crippen LogP contribution in [0.5, 0.6) is 0 Å². The molecule has 0 bridgehead atoms. The van der Waals surface area contributed by atoms with Crippen molar-refractivity contribution in [2.75, 3.05) is 0 Å². The van der Waals surface area contributed by atoms with E-state index in [0.29, 0.717) is 0 Å². The van der Waals surface area contributed by atoms with Crippen molar-refractivity contribution in [3.8, 4) is 0 Å². The number of hydrogen-bond acceptors (Lipinski definition) is 2. The van der Waals surface area contributed by atoms with Crippen LogP contribution >= 0.6 is 0 Å². The molecule has 11 heavy (non-hydrogen) atoms. The Kier molecular flexibility index (Phi) is 2.22. The summed E-state index contributed by atoms with van der Waals surface area (Å²) in [6, 6.07) is 0. The van der Waals surface area contributed by atoms with Crippen molar-refractivity contribution in [3.63, 3.8) is 0 Å². The van der Waals surface area contributed by atoms with Gasteiger partial charge in [-0.05, 0) is 0 Å². The topological polar surface area (TPSA) is 58.1 Å². The first-order valence-electron chi connectivity index (χ1n) is 3.16. The van der Waals surface area contributed by atoms with Crippen LogP contribution in [0.25, 0.3) is 0 Å². The maximum atomic E-state index is 10.6. The number of aryl methyl sites for hydroxylation is 1. The van der Waals surface area contributed by atoms with E-state index >= 15 is 0 Å². The summed E-state index contributed by atoms with van der Waals surface area (Å²) in [6.45, 7) is 0.136. The molecule has 1 aromatic rings. The standard InChI is InChI=1S/C6H9N3O2/c1-8-2-3-9(5-8)4-6(10)7-11/h2-3,5H,4H2,1H3,(H-,7,10,11)/p+1. The summed E-state index contributed by atoms with van der Waals surface area (Å²) in [5, 5.41) is 8.18. The molecular weight excluding hydrogens is 146 g/mol. The lowest BCUT2D eigenvalue weighted by atomic mass is 10.6. The highest BCUT2D eigenvalue weighted by atomic mass is 16.5. The number of carbonyl (C=O) groups is 1. The van der Waals surface area contributed by atoms with Gasteiger partial charge in [-0.25, -0.2) is 14.6 Å². The molecule has 0 aliphatic carbocycles. The largest absolute Gasteiger partial charge is 0.289 e. The van der Waals surface area contributed by atoms with Gasteiger partial charge in [0.1, 0.15) is 12.4 Å². The van der Waals surface area contributed by atoms with Gasteiger partial charge in [0.15, 0.2) is 6.54 Å². The molecular formula is C6H10N3O2+. The number of hydroxylamine groups is 1. The van der Waals surface area contributed by atoms with Crippen LogP contribution in [0.4, 0.5) is 0 Å². The average Bonchev–Trinajstić information content (AvgIpc) is 2.35. The Labute approximate surface area is 63.8 Å². The second-order valence-electron chi connectivity index (χ2n) is 2.29. The van der Waals surface area contributed by atoms with Gasteiger partial charge in [-0.15, -0.1) is 0 Å². The van der Waals surface area contributed by atoms with E-state index in [4.69, 9.17) is 5.21 Å². The minimum absolute atomic E-state index is 0.136. The molecule has 1 rings (SSSR count). The first kappa shape index (κ1) is 7.74. The zero-order valence-electron chi connectivity index (χ0n) is 6.19. The Hall–Kier alpha value is -1.36. The lowest BCUT2D eigenvalue weighted by molar-refractivity contribution is -0.671. The van der Waals surface area contributed by atoms with Crippen LogP contribution in [0.1, 0.15) is 0 Å². The molecule has 1 aromatic heterocycles. The molecule has 60 valence electrons. The molecule has 0 radical (unpaired) electrons. The van der Waals surface area contributed by atoms with Crippen LogP contribution in [-0.2, 0) is 18.4 Å². The van der Waals surface area contributed by atoms with E-state index in [9.17, 15) is 4.79 Å². The Morgan fingerprint density at radius 1 is 1.82 bits per heavy atom. The summed E-state index contributed by atoms with van der Waals surface area (Å²) in [5.41, 5.74) is 1.55. The van der Waals surface area contributed by atoms with Gasteiger partial charge in [0.2, 0.25) is 6.33 Å². The fraction of sp³-hybridized carbons (Fsp3) is 0.333. The smallest absolute Gasteiger partial charge is 0.285 e. The zero-order chi connectivity index (χ0) is 8.27. The van der Waals surface area contributed by atoms with E-state index < -0.39 is 5.91 Å². The third kappa shape index (κ3) is 2.05. The highest BCUT2D eigenvalue weighted by Gasteiger charge is 2.05. The summed E-state index contributed by atoms with van der Waals surface area (Å²) in [7, 11) is 1.85. The van der Waals surface area contributed by atoms with Gasteiger partial charge in [0.05, 0.1) is 7.05 Å². The van der Waals surface area contributed by atoms with Crippen molar-refractivity contribution in [3.05, 3.63) is 18.7 Å². The molecule has 0 atom stereocenters. The van der Waals surface area contributed by atoms with Gasteiger partial charge >= 0.3 is 0 Å². The van der Waals surface area contributed by atoms with E-state index in [1.807, 2.05) is 17.8 Å². The van der Waals surface area contributed by atoms with Gasteiger partial charge in [-0.3, -0.25) is 10.0 Å². The summed E-state index contributed by atoms with van der Waals surface area (Å²) >= 11 is 0. The Bertz CT molecular complexity index is 256. The third-order valence-corrected chi connectivity index (χ3v) is 1.27. The van der Waals surface area contributed by atoms with E-state index in [2.05, 4.69) is 0 Å². The molecule has 1 amide bonds. The molecule has 0 aliphatic heterocycles. The van der Waals surface area contributed by atoms with Crippen LogP contribution < -0.4 is 10.0 Å². The zero-order valence-corrected chi connectivity index (χ0v) is 6.19. The van der Waals surface area contributed by atoms with E-state index in [1.54, 1.807) is 22.6 Å². The third-order valence-electron chi connectivity index (χ3n) is 1.27. The fourth-order valence-electron chi connectivity index (χ4n) is 0.796. The summed E-state index contributed by atoms with van der Waals surface area (Å²) in [6.07, 6.45) is 5.30. The summed E-state index contributed by atoms with van der Waals surface area (Å²) < 4.78 is 3.47. The number of amides is 1. The second kappa shape index (κ2) is 3.16. The van der Waals surface area contributed by atoms with Crippen LogP contribution in [0.3, 0.4) is 0 Å². The van der Waals surface area contributed by atoms with Crippen molar-refractivity contribution in [1.29, 1.82) is 0 Å². The number of nitrogens with one attached hydrogen (secondary N) is 1. The van der Waals surface area contributed by atoms with Crippen molar-refractivity contribution in [2.24, 2.45) is 7.05 Å². The number of aromatic nitrogens is 2. The molecule has 2 N–H and O–H groups in total. The van der Waals surface area contributed by atoms with Crippen molar-refractivity contribution >= 4 is 5.91 Å². The van der Waals surface area contributed by atoms with Crippen molar-refractivity contribution in [1.82, 2.24) is 10.0 Å². The number of carbonyl (C=O) groups excluding carboxylic acids is 1. The van der Waals surface area contributed by atoms with E-state index in [1.165, 1.54) is 0 Å². The molecule has 0 spiro atoms. The normalized spacial score (nSPS) is 9.64. The van der Waals surface area contributed by atoms with E-state index in [0.717, 1.165) is 0 Å². The Balaban J connectivity index is 2.57. The predicted octanol–water partition coefficient (Wildman–Crippen LogP) is -1.18. The second-order valence-corrected chi connectivity index (χ2v) is 2.29.